The lowest BCUT2D eigenvalue weighted by molar-refractivity contribution is -0.672. The molecular weight excluding hydrogens is 286 g/mol. The third-order valence-electron chi connectivity index (χ3n) is 3.57. The number of amides is 1. The molecule has 1 saturated heterocycles. The zero-order chi connectivity index (χ0) is 15.7. The first kappa shape index (κ1) is 14.5. The van der Waals surface area contributed by atoms with Crippen molar-refractivity contribution in [3.05, 3.63) is 46.4 Å². The van der Waals surface area contributed by atoms with E-state index in [1.165, 1.54) is 4.68 Å². The van der Waals surface area contributed by atoms with Gasteiger partial charge in [-0.25, -0.2) is 4.79 Å². The fourth-order valence-corrected chi connectivity index (χ4v) is 2.71. The number of carbonyl (C=O) groups excluding carboxylic acids is 1. The average molecular weight is 304 g/mol. The van der Waals surface area contributed by atoms with Crippen molar-refractivity contribution < 1.29 is 18.7 Å². The van der Waals surface area contributed by atoms with Crippen LogP contribution in [0.25, 0.3) is 5.69 Å². The van der Waals surface area contributed by atoms with Gasteiger partial charge in [-0.05, 0) is 23.8 Å². The molecule has 3 rings (SSSR count). The van der Waals surface area contributed by atoms with Crippen molar-refractivity contribution in [1.29, 1.82) is 0 Å². The van der Waals surface area contributed by atoms with Crippen LogP contribution in [0, 0.1) is 0 Å². The van der Waals surface area contributed by atoms with Crippen molar-refractivity contribution in [2.45, 2.75) is 26.1 Å². The largest absolute Gasteiger partial charge is 0.441 e. The fraction of sp³-hybridized carbons (Fsp3) is 0.400. The molecule has 1 amide bonds. The van der Waals surface area contributed by atoms with Gasteiger partial charge in [-0.15, -0.1) is 0 Å². The minimum atomic E-state index is -0.680. The Hall–Kier alpha value is -2.41. The summed E-state index contributed by atoms with van der Waals surface area (Å²) in [5.74, 6) is -0.360. The van der Waals surface area contributed by atoms with Gasteiger partial charge in [0.2, 0.25) is 5.69 Å². The van der Waals surface area contributed by atoms with Gasteiger partial charge in [0.05, 0.1) is 12.2 Å². The van der Waals surface area contributed by atoms with Crippen molar-refractivity contribution in [2.24, 2.45) is 0 Å². The van der Waals surface area contributed by atoms with E-state index in [-0.39, 0.29) is 23.8 Å². The fourth-order valence-electron chi connectivity index (χ4n) is 2.71. The van der Waals surface area contributed by atoms with E-state index >= 15 is 0 Å². The van der Waals surface area contributed by atoms with E-state index in [0.29, 0.717) is 18.8 Å². The summed E-state index contributed by atoms with van der Waals surface area (Å²) in [6.45, 7) is 4.70. The number of morpholine rings is 1. The van der Waals surface area contributed by atoms with Crippen LogP contribution in [0.2, 0.25) is 0 Å². The second-order valence-corrected chi connectivity index (χ2v) is 5.47. The van der Waals surface area contributed by atoms with Crippen molar-refractivity contribution in [3.8, 4) is 5.69 Å². The first-order valence-electron chi connectivity index (χ1n) is 7.20. The molecule has 2 aromatic rings. The molecule has 0 spiro atoms. The zero-order valence-corrected chi connectivity index (χ0v) is 12.5. The van der Waals surface area contributed by atoms with Crippen LogP contribution in [0.4, 0.5) is 0 Å². The highest BCUT2D eigenvalue weighted by molar-refractivity contribution is 5.90. The molecule has 116 valence electrons. The van der Waals surface area contributed by atoms with Crippen molar-refractivity contribution in [3.63, 3.8) is 0 Å². The second-order valence-electron chi connectivity index (χ2n) is 5.47. The highest BCUT2D eigenvalue weighted by Crippen LogP contribution is 2.12. The van der Waals surface area contributed by atoms with E-state index in [1.54, 1.807) is 17.0 Å². The number of benzene rings is 1. The summed E-state index contributed by atoms with van der Waals surface area (Å²) in [5, 5.41) is 2.48. The molecule has 7 nitrogen and oxygen atoms in total. The number of hydrogen-bond acceptors (Lipinski definition) is 4. The molecule has 1 aliphatic rings. The maximum Gasteiger partial charge on any atom is 0.441 e. The van der Waals surface area contributed by atoms with Gasteiger partial charge < -0.3 is 9.64 Å². The monoisotopic (exact) mass is 304 g/mol. The molecule has 0 aliphatic carbocycles. The van der Waals surface area contributed by atoms with Crippen LogP contribution in [-0.2, 0) is 4.74 Å². The number of carbonyl (C=O) groups is 1. The van der Waals surface area contributed by atoms with Gasteiger partial charge in [-0.3, -0.25) is 9.32 Å². The Morgan fingerprint density at radius 1 is 1.23 bits per heavy atom. The molecule has 1 fully saturated rings. The van der Waals surface area contributed by atoms with E-state index in [1.807, 2.05) is 32.0 Å². The topological polar surface area (TPSA) is 79.4 Å². The number of aromatic nitrogens is 2. The van der Waals surface area contributed by atoms with E-state index in [0.717, 1.165) is 0 Å². The molecule has 1 aliphatic heterocycles. The average Bonchev–Trinajstić information content (AvgIpc) is 2.88. The molecule has 0 radical (unpaired) electrons. The lowest BCUT2D eigenvalue weighted by Gasteiger charge is -2.34. The minimum Gasteiger partial charge on any atom is -0.372 e. The summed E-state index contributed by atoms with van der Waals surface area (Å²) in [5.41, 5.74) is -0.0563. The lowest BCUT2D eigenvalue weighted by Crippen LogP contribution is -2.52. The zero-order valence-electron chi connectivity index (χ0n) is 12.5. The first-order valence-corrected chi connectivity index (χ1v) is 7.20. The van der Waals surface area contributed by atoms with Crippen molar-refractivity contribution >= 4 is 5.91 Å². The summed E-state index contributed by atoms with van der Waals surface area (Å²) < 4.78 is 11.8. The molecule has 7 heteroatoms. The van der Waals surface area contributed by atoms with E-state index in [9.17, 15) is 9.59 Å². The summed E-state index contributed by atoms with van der Waals surface area (Å²) in [6, 6.07) is 9.07. The van der Waals surface area contributed by atoms with Gasteiger partial charge in [-0.2, -0.15) is 0 Å². The predicted octanol–water partition coefficient (Wildman–Crippen LogP) is 0.494. The Morgan fingerprint density at radius 3 is 2.50 bits per heavy atom. The van der Waals surface area contributed by atoms with Crippen molar-refractivity contribution in [2.75, 3.05) is 13.1 Å². The first-order chi connectivity index (χ1) is 10.6. The molecule has 2 atom stereocenters. The molecule has 0 bridgehead atoms. The summed E-state index contributed by atoms with van der Waals surface area (Å²) in [4.78, 5) is 26.3. The van der Waals surface area contributed by atoms with E-state index in [2.05, 4.69) is 5.27 Å². The van der Waals surface area contributed by atoms with Crippen LogP contribution in [0.15, 0.2) is 39.6 Å². The molecule has 1 N–H and O–H groups in total. The van der Waals surface area contributed by atoms with Crippen LogP contribution < -0.4 is 10.3 Å². The quantitative estimate of drug-likeness (QED) is 0.819. The number of H-pyrrole nitrogens is 1. The Labute approximate surface area is 127 Å². The van der Waals surface area contributed by atoms with Crippen LogP contribution in [0.3, 0.4) is 0 Å². The molecule has 2 unspecified atom stereocenters. The van der Waals surface area contributed by atoms with Gasteiger partial charge in [-0.1, -0.05) is 18.2 Å². The lowest BCUT2D eigenvalue weighted by atomic mass is 10.2. The van der Waals surface area contributed by atoms with Gasteiger partial charge >= 0.3 is 17.2 Å². The SMILES string of the molecule is CC1CN(C(=O)c2c(=O)o[nH][n+]2-c2ccccc2)CC(C)O1. The maximum atomic E-state index is 12.7. The molecule has 1 aromatic heterocycles. The molecule has 22 heavy (non-hydrogen) atoms. The number of nitrogens with one attached hydrogen (secondary N) is 1. The van der Waals surface area contributed by atoms with Gasteiger partial charge in [0, 0.05) is 25.2 Å². The molecule has 0 saturated carbocycles. The number of nitrogens with zero attached hydrogens (tertiary/aromatic N) is 2. The number of ether oxygens (including phenoxy) is 1. The van der Waals surface area contributed by atoms with Gasteiger partial charge in [0.15, 0.2) is 0 Å². The Morgan fingerprint density at radius 2 is 1.86 bits per heavy atom. The van der Waals surface area contributed by atoms with E-state index < -0.39 is 5.63 Å². The van der Waals surface area contributed by atoms with Crippen LogP contribution >= 0.6 is 0 Å². The Bertz CT molecular complexity index is 712. The highest BCUT2D eigenvalue weighted by Gasteiger charge is 2.37. The van der Waals surface area contributed by atoms with Crippen LogP contribution in [0.1, 0.15) is 24.3 Å². The highest BCUT2D eigenvalue weighted by atomic mass is 16.5. The van der Waals surface area contributed by atoms with Gasteiger partial charge in [0.1, 0.15) is 0 Å². The number of rotatable bonds is 2. The second kappa shape index (κ2) is 5.76. The summed E-state index contributed by atoms with van der Waals surface area (Å²) >= 11 is 0. The van der Waals surface area contributed by atoms with Crippen molar-refractivity contribution in [1.82, 2.24) is 10.2 Å². The third-order valence-corrected chi connectivity index (χ3v) is 3.57. The maximum absolute atomic E-state index is 12.7. The number of hydrogen-bond donors (Lipinski definition) is 1. The Balaban J connectivity index is 1.96. The smallest absolute Gasteiger partial charge is 0.372 e. The third kappa shape index (κ3) is 2.67. The molecule has 1 aromatic carbocycles. The van der Waals surface area contributed by atoms with E-state index in [4.69, 9.17) is 9.26 Å². The summed E-state index contributed by atoms with van der Waals surface area (Å²) in [7, 11) is 0. The number of para-hydroxylation sites is 1. The van der Waals surface area contributed by atoms with Crippen LogP contribution in [-0.4, -0.2) is 41.4 Å². The normalized spacial score (nSPS) is 21.8. The summed E-state index contributed by atoms with van der Waals surface area (Å²) in [6.07, 6.45) is -0.132. The van der Waals surface area contributed by atoms with Crippen LogP contribution in [0.5, 0.6) is 0 Å². The minimum absolute atomic E-state index is 0.0347. The Kier molecular flexibility index (Phi) is 3.81. The number of aromatic amines is 1. The molecular formula is C15H18N3O4+. The standard InChI is InChI=1S/C15H17N3O4/c1-10-8-17(9-11(2)21-10)14(19)13-15(20)22-16-18(13)12-6-4-3-5-7-12/h3-7,10-11H,8-9H2,1-2H3/p+1. The predicted molar refractivity (Wildman–Crippen MR) is 76.8 cm³/mol. The molecule has 2 heterocycles. The van der Waals surface area contributed by atoms with Gasteiger partial charge in [0.25, 0.3) is 0 Å².